The summed E-state index contributed by atoms with van der Waals surface area (Å²) in [7, 11) is 2.19. The van der Waals surface area contributed by atoms with E-state index in [0.29, 0.717) is 46.5 Å². The number of aromatic nitrogens is 2. The van der Waals surface area contributed by atoms with Crippen LogP contribution in [0.3, 0.4) is 0 Å². The largest absolute Gasteiger partial charge is 0.389 e. The number of rotatable bonds is 15. The van der Waals surface area contributed by atoms with Gasteiger partial charge in [-0.15, -0.1) is 11.3 Å². The molecule has 1 aliphatic heterocycles. The Morgan fingerprint density at radius 1 is 1.18 bits per heavy atom. The first kappa shape index (κ1) is 37.8. The second-order valence-electron chi connectivity index (χ2n) is 14.4. The zero-order valence-electron chi connectivity index (χ0n) is 30.2. The summed E-state index contributed by atoms with van der Waals surface area (Å²) < 4.78 is 0. The van der Waals surface area contributed by atoms with Gasteiger partial charge >= 0.3 is 0 Å². The lowest BCUT2D eigenvalue weighted by Crippen LogP contribution is -2.50. The molecule has 9 N–H and O–H groups in total. The first-order valence-electron chi connectivity index (χ1n) is 18.6. The molecule has 12 heteroatoms. The molecular formula is C38H57N11S. The second kappa shape index (κ2) is 17.6. The number of likely N-dealkylation sites (tertiary alicyclic amines) is 1. The Balaban J connectivity index is 1.39. The molecule has 2 aromatic heterocycles. The molecule has 5 rings (SSSR count). The van der Waals surface area contributed by atoms with E-state index in [-0.39, 0.29) is 11.6 Å². The Kier molecular flexibility index (Phi) is 13.3. The molecule has 0 bridgehead atoms. The minimum Gasteiger partial charge on any atom is -0.389 e. The molecule has 50 heavy (non-hydrogen) atoms. The molecule has 2 fully saturated rings. The summed E-state index contributed by atoms with van der Waals surface area (Å²) in [4.78, 5) is 13.4. The van der Waals surface area contributed by atoms with Gasteiger partial charge in [-0.3, -0.25) is 11.3 Å². The molecule has 1 saturated heterocycles. The van der Waals surface area contributed by atoms with Crippen molar-refractivity contribution in [1.29, 1.82) is 16.1 Å². The van der Waals surface area contributed by atoms with Gasteiger partial charge in [-0.25, -0.2) is 15.0 Å². The van der Waals surface area contributed by atoms with Crippen molar-refractivity contribution >= 4 is 33.6 Å². The van der Waals surface area contributed by atoms with Crippen LogP contribution in [0.1, 0.15) is 124 Å². The van der Waals surface area contributed by atoms with Gasteiger partial charge in [0.2, 0.25) is 0 Å². The first-order chi connectivity index (χ1) is 24.1. The van der Waals surface area contributed by atoms with Crippen LogP contribution in [0, 0.1) is 22.1 Å². The molecule has 2 aromatic rings. The standard InChI is InChI=1S/C38H57N11S/c1-4-10-29(24(2)28-14-8-15-33-35(28)30(22-39)37(43)50-33)36(42)38-46-25(16-17-26-13-9-20-48(26)3)21-34(47-38)45-19-18-31(40)32(41)23-49(44)27-11-6-5-7-12-27/h18-19,21,26-28,32,40,42H,4-17,20,23,41,43-44H2,1-3H3,(H,45,46,47)/b19-18-,29-24+,40-31?,42-36?/t26-,28+,32?/m0/s1. The topological polar surface area (TPSA) is 194 Å². The number of hydrazine groups is 1. The molecule has 3 atom stereocenters. The van der Waals surface area contributed by atoms with Crippen molar-refractivity contribution in [1.82, 2.24) is 19.9 Å². The lowest BCUT2D eigenvalue weighted by atomic mass is 9.78. The molecule has 0 amide bonds. The van der Waals surface area contributed by atoms with Crippen LogP contribution in [0.25, 0.3) is 0 Å². The monoisotopic (exact) mass is 699 g/mol. The number of aryl methyl sites for hydroxylation is 2. The van der Waals surface area contributed by atoms with E-state index in [1.807, 2.05) is 11.1 Å². The average molecular weight is 700 g/mol. The van der Waals surface area contributed by atoms with E-state index in [1.165, 1.54) is 48.3 Å². The predicted molar refractivity (Wildman–Crippen MR) is 206 cm³/mol. The molecule has 0 aromatic carbocycles. The van der Waals surface area contributed by atoms with Crippen molar-refractivity contribution in [2.75, 3.05) is 31.2 Å². The number of anilines is 2. The summed E-state index contributed by atoms with van der Waals surface area (Å²) in [6.45, 7) is 5.80. The van der Waals surface area contributed by atoms with E-state index in [0.717, 1.165) is 86.7 Å². The van der Waals surface area contributed by atoms with Gasteiger partial charge in [-0.05, 0) is 102 Å². The van der Waals surface area contributed by atoms with Gasteiger partial charge in [0.25, 0.3) is 0 Å². The Labute approximate surface area is 302 Å². The van der Waals surface area contributed by atoms with E-state index >= 15 is 0 Å². The summed E-state index contributed by atoms with van der Waals surface area (Å²) in [6, 6.07) is 4.67. The zero-order chi connectivity index (χ0) is 35.8. The van der Waals surface area contributed by atoms with Crippen molar-refractivity contribution < 1.29 is 0 Å². The van der Waals surface area contributed by atoms with Crippen molar-refractivity contribution in [2.24, 2.45) is 11.6 Å². The first-order valence-corrected chi connectivity index (χ1v) is 19.4. The van der Waals surface area contributed by atoms with Crippen molar-refractivity contribution in [2.45, 2.75) is 128 Å². The number of hydrogen-bond acceptors (Lipinski definition) is 12. The SMILES string of the molecule is CCC/C(C(=N)c1nc(CC[C@@H]2CCCN2C)cc(N/C=C\C(=N)C(N)CN(N)C2CCCCC2)n1)=C(/C)[C@H]1CCCc2sc(N)c(C#N)c21. The van der Waals surface area contributed by atoms with Gasteiger partial charge in [0.15, 0.2) is 5.82 Å². The predicted octanol–water partition coefficient (Wildman–Crippen LogP) is 6.40. The van der Waals surface area contributed by atoms with Crippen LogP contribution in [0.15, 0.2) is 29.5 Å². The van der Waals surface area contributed by atoms with Crippen molar-refractivity contribution in [3.05, 3.63) is 57.0 Å². The minimum atomic E-state index is -0.502. The number of hydrogen-bond donors (Lipinski definition) is 6. The number of thiophene rings is 1. The molecule has 2 aliphatic carbocycles. The second-order valence-corrected chi connectivity index (χ2v) is 15.6. The number of allylic oxidation sites excluding steroid dienone is 2. The van der Waals surface area contributed by atoms with Crippen LogP contribution in [-0.4, -0.2) is 69.6 Å². The number of fused-ring (bicyclic) bond motifs is 1. The Bertz CT molecular complexity index is 1610. The molecular weight excluding hydrogens is 643 g/mol. The molecule has 1 saturated carbocycles. The molecule has 3 aliphatic rings. The fourth-order valence-electron chi connectivity index (χ4n) is 8.04. The molecule has 0 radical (unpaired) electrons. The number of nitrogens with zero attached hydrogens (tertiary/aromatic N) is 5. The quantitative estimate of drug-likeness (QED) is 0.0692. The number of nitriles is 1. The summed E-state index contributed by atoms with van der Waals surface area (Å²) in [5, 5.41) is 33.8. The number of nitrogens with two attached hydrogens (primary N) is 3. The highest BCUT2D eigenvalue weighted by molar-refractivity contribution is 7.16. The normalized spacial score (nSPS) is 21.2. The fraction of sp³-hybridized carbons (Fsp3) is 0.605. The van der Waals surface area contributed by atoms with Crippen LogP contribution in [0.2, 0.25) is 0 Å². The molecule has 0 spiro atoms. The zero-order valence-corrected chi connectivity index (χ0v) is 31.0. The molecule has 3 heterocycles. The van der Waals surface area contributed by atoms with Crippen LogP contribution in [0.5, 0.6) is 0 Å². The van der Waals surface area contributed by atoms with Crippen molar-refractivity contribution in [3.63, 3.8) is 0 Å². The number of nitrogens with one attached hydrogen (secondary N) is 3. The third-order valence-corrected chi connectivity index (χ3v) is 12.1. The minimum absolute atomic E-state index is 0.0447. The summed E-state index contributed by atoms with van der Waals surface area (Å²) in [5.41, 5.74) is 17.9. The maximum absolute atomic E-state index is 9.98. The molecule has 270 valence electrons. The lowest BCUT2D eigenvalue weighted by molar-refractivity contribution is 0.157. The highest BCUT2D eigenvalue weighted by atomic mass is 32.1. The summed E-state index contributed by atoms with van der Waals surface area (Å²) >= 11 is 1.54. The van der Waals surface area contributed by atoms with Crippen LogP contribution in [0.4, 0.5) is 10.8 Å². The third kappa shape index (κ3) is 9.06. The van der Waals surface area contributed by atoms with Gasteiger partial charge in [-0.1, -0.05) is 38.2 Å². The fourth-order valence-corrected chi connectivity index (χ4v) is 9.16. The van der Waals surface area contributed by atoms with Crippen molar-refractivity contribution in [3.8, 4) is 6.07 Å². The number of nitrogen functional groups attached to an aromatic ring is 1. The molecule has 1 unspecified atom stereocenters. The van der Waals surface area contributed by atoms with Crippen LogP contribution in [-0.2, 0) is 12.8 Å². The maximum Gasteiger partial charge on any atom is 0.179 e. The summed E-state index contributed by atoms with van der Waals surface area (Å²) in [6.07, 6.45) is 17.8. The average Bonchev–Trinajstić information content (AvgIpc) is 3.69. The van der Waals surface area contributed by atoms with E-state index < -0.39 is 6.04 Å². The van der Waals surface area contributed by atoms with E-state index in [1.54, 1.807) is 12.3 Å². The lowest BCUT2D eigenvalue weighted by Gasteiger charge is -2.32. The van der Waals surface area contributed by atoms with Gasteiger partial charge in [0.05, 0.1) is 17.3 Å². The highest BCUT2D eigenvalue weighted by Gasteiger charge is 2.31. The van der Waals surface area contributed by atoms with Gasteiger partial charge in [-0.2, -0.15) is 5.26 Å². The Morgan fingerprint density at radius 3 is 2.66 bits per heavy atom. The van der Waals surface area contributed by atoms with E-state index in [9.17, 15) is 10.7 Å². The van der Waals surface area contributed by atoms with Crippen LogP contribution < -0.4 is 22.6 Å². The van der Waals surface area contributed by atoms with Gasteiger partial charge in [0, 0.05) is 47.4 Å². The van der Waals surface area contributed by atoms with Gasteiger partial charge < -0.3 is 27.1 Å². The van der Waals surface area contributed by atoms with Gasteiger partial charge in [0.1, 0.15) is 22.6 Å². The Hall–Kier alpha value is -3.47. The van der Waals surface area contributed by atoms with E-state index in [2.05, 4.69) is 37.2 Å². The summed E-state index contributed by atoms with van der Waals surface area (Å²) in [5.74, 6) is 7.38. The van der Waals surface area contributed by atoms with E-state index in [4.69, 9.17) is 32.7 Å². The maximum atomic E-state index is 9.98. The third-order valence-electron chi connectivity index (χ3n) is 11.0. The smallest absolute Gasteiger partial charge is 0.179 e. The Morgan fingerprint density at radius 2 is 1.96 bits per heavy atom. The molecule has 11 nitrogen and oxygen atoms in total. The van der Waals surface area contributed by atoms with Crippen LogP contribution >= 0.6 is 11.3 Å². The highest BCUT2D eigenvalue weighted by Crippen LogP contribution is 2.46.